The Balaban J connectivity index is 0.000000199. The van der Waals surface area contributed by atoms with Gasteiger partial charge in [-0.3, -0.25) is 9.59 Å². The summed E-state index contributed by atoms with van der Waals surface area (Å²) in [5.41, 5.74) is -0.994. The van der Waals surface area contributed by atoms with Gasteiger partial charge in [0.2, 0.25) is 0 Å². The van der Waals surface area contributed by atoms with Crippen molar-refractivity contribution in [3.05, 3.63) is 0 Å². The summed E-state index contributed by atoms with van der Waals surface area (Å²) in [6, 6.07) is 0. The van der Waals surface area contributed by atoms with E-state index < -0.39 is 20.8 Å². The zero-order valence-corrected chi connectivity index (χ0v) is 18.9. The number of Topliss-reactive ketones (excluding diaryl/α,β-unsaturated/α-hetero) is 2. The van der Waals surface area contributed by atoms with Crippen molar-refractivity contribution in [2.75, 3.05) is 18.3 Å². The molecule has 5 nitrogen and oxygen atoms in total. The van der Waals surface area contributed by atoms with Gasteiger partial charge in [0.15, 0.2) is 17.3 Å². The Labute approximate surface area is 167 Å². The molecule has 156 valence electrons. The van der Waals surface area contributed by atoms with E-state index in [9.17, 15) is 22.6 Å². The molecular weight excluding hydrogens is 384 g/mol. The lowest BCUT2D eigenvalue weighted by Gasteiger charge is -2.32. The van der Waals surface area contributed by atoms with Gasteiger partial charge in [0.25, 0.3) is 0 Å². The first-order valence-corrected chi connectivity index (χ1v) is 13.6. The Hall–Kier alpha value is -0.400. The standard InChI is InChI=1S/C10H16O4S.C10H19OS/c1-9(2)6-4-5-10(9,3)8(11)7(6)15(12,13)14;1-12(2)8-10(11)9-6-4-3-5-7-9/h6-7H,4-5H2,1-3H3,(H,12,13,14);9H,3-8H2,1-2H3/q;+1/p-1. The summed E-state index contributed by atoms with van der Waals surface area (Å²) in [7, 11) is -4.19. The predicted molar refractivity (Wildman–Crippen MR) is 109 cm³/mol. The molecule has 27 heavy (non-hydrogen) atoms. The van der Waals surface area contributed by atoms with E-state index in [1.54, 1.807) is 6.92 Å². The summed E-state index contributed by atoms with van der Waals surface area (Å²) in [4.78, 5) is 23.6. The molecule has 0 aliphatic heterocycles. The van der Waals surface area contributed by atoms with Gasteiger partial charge in [0, 0.05) is 11.3 Å². The maximum absolute atomic E-state index is 12.0. The second-order valence-corrected chi connectivity index (χ2v) is 13.2. The Morgan fingerprint density at radius 3 is 2.04 bits per heavy atom. The van der Waals surface area contributed by atoms with Crippen molar-refractivity contribution in [2.24, 2.45) is 22.7 Å². The van der Waals surface area contributed by atoms with Crippen molar-refractivity contribution in [1.29, 1.82) is 0 Å². The first-order valence-electron chi connectivity index (χ1n) is 9.88. The lowest BCUT2D eigenvalue weighted by Crippen LogP contribution is -2.38. The van der Waals surface area contributed by atoms with Crippen LogP contribution in [0.15, 0.2) is 0 Å². The molecule has 0 saturated heterocycles. The number of rotatable bonds is 4. The van der Waals surface area contributed by atoms with Crippen LogP contribution in [0.25, 0.3) is 0 Å². The minimum absolute atomic E-state index is 0.294. The van der Waals surface area contributed by atoms with Crippen molar-refractivity contribution < 1.29 is 22.6 Å². The third-order valence-corrected chi connectivity index (χ3v) is 9.30. The maximum Gasteiger partial charge on any atom is 0.184 e. The van der Waals surface area contributed by atoms with Crippen LogP contribution >= 0.6 is 0 Å². The fourth-order valence-electron chi connectivity index (χ4n) is 5.16. The molecule has 3 atom stereocenters. The van der Waals surface area contributed by atoms with Crippen molar-refractivity contribution in [3.8, 4) is 0 Å². The molecule has 3 saturated carbocycles. The summed E-state index contributed by atoms with van der Waals surface area (Å²) in [5.74, 6) is 1.12. The topological polar surface area (TPSA) is 91.3 Å². The molecule has 2 bridgehead atoms. The number of hydrogen-bond acceptors (Lipinski definition) is 5. The van der Waals surface area contributed by atoms with Crippen molar-refractivity contribution in [3.63, 3.8) is 0 Å². The molecule has 0 amide bonds. The smallest absolute Gasteiger partial charge is 0.184 e. The van der Waals surface area contributed by atoms with Gasteiger partial charge in [-0.25, -0.2) is 8.42 Å². The molecule has 0 spiro atoms. The second-order valence-electron chi connectivity index (χ2n) is 9.41. The molecule has 3 rings (SSSR count). The molecule has 0 N–H and O–H groups in total. The average Bonchev–Trinajstić information content (AvgIpc) is 2.87. The SMILES string of the molecule is CC12CCC(C(S(=O)(=O)[O-])C1=O)C2(C)C.C[S+](C)CC(=O)C1CCCCC1. The maximum atomic E-state index is 12.0. The zero-order chi connectivity index (χ0) is 20.6. The third kappa shape index (κ3) is 4.45. The summed E-state index contributed by atoms with van der Waals surface area (Å²) >= 11 is 0. The van der Waals surface area contributed by atoms with Crippen molar-refractivity contribution >= 4 is 32.6 Å². The van der Waals surface area contributed by atoms with E-state index in [2.05, 4.69) is 12.5 Å². The molecule has 3 fully saturated rings. The molecule has 3 unspecified atom stereocenters. The van der Waals surface area contributed by atoms with E-state index in [0.29, 0.717) is 35.4 Å². The largest absolute Gasteiger partial charge is 0.747 e. The highest BCUT2D eigenvalue weighted by atomic mass is 32.2. The van der Waals surface area contributed by atoms with Gasteiger partial charge >= 0.3 is 0 Å². The van der Waals surface area contributed by atoms with E-state index in [0.717, 1.165) is 18.6 Å². The van der Waals surface area contributed by atoms with Crippen LogP contribution in [-0.2, 0) is 30.6 Å². The number of carbonyl (C=O) groups excluding carboxylic acids is 2. The number of carbonyl (C=O) groups is 2. The van der Waals surface area contributed by atoms with Gasteiger partial charge in [-0.1, -0.05) is 40.0 Å². The zero-order valence-electron chi connectivity index (χ0n) is 17.2. The second kappa shape index (κ2) is 8.15. The lowest BCUT2D eigenvalue weighted by molar-refractivity contribution is -0.128. The fourth-order valence-corrected chi connectivity index (χ4v) is 7.37. The summed E-state index contributed by atoms with van der Waals surface area (Å²) in [6.07, 6.45) is 11.9. The lowest BCUT2D eigenvalue weighted by atomic mass is 9.70. The first-order chi connectivity index (χ1) is 12.3. The average molecular weight is 419 g/mol. The van der Waals surface area contributed by atoms with E-state index in [1.165, 1.54) is 19.3 Å². The van der Waals surface area contributed by atoms with Crippen LogP contribution in [0.2, 0.25) is 0 Å². The van der Waals surface area contributed by atoms with Crippen LogP contribution in [0.4, 0.5) is 0 Å². The van der Waals surface area contributed by atoms with Gasteiger partial charge in [0.05, 0.1) is 12.5 Å². The highest BCUT2D eigenvalue weighted by Gasteiger charge is 2.67. The van der Waals surface area contributed by atoms with Crippen molar-refractivity contribution in [2.45, 2.75) is 71.0 Å². The summed E-state index contributed by atoms with van der Waals surface area (Å²) < 4.78 is 33.3. The first kappa shape index (κ1) is 22.9. The molecule has 0 aromatic rings. The Kier molecular flexibility index (Phi) is 6.91. The van der Waals surface area contributed by atoms with Crippen LogP contribution in [-0.4, -0.2) is 48.1 Å². The summed E-state index contributed by atoms with van der Waals surface area (Å²) in [5, 5.41) is -1.30. The number of ketones is 2. The number of hydrogen-bond donors (Lipinski definition) is 0. The predicted octanol–water partition coefficient (Wildman–Crippen LogP) is 2.94. The van der Waals surface area contributed by atoms with Crippen LogP contribution in [0, 0.1) is 22.7 Å². The van der Waals surface area contributed by atoms with Crippen LogP contribution in [0.3, 0.4) is 0 Å². The van der Waals surface area contributed by atoms with E-state index >= 15 is 0 Å². The molecule has 0 aromatic heterocycles. The fraction of sp³-hybridized carbons (Fsp3) is 0.900. The van der Waals surface area contributed by atoms with Crippen LogP contribution in [0.1, 0.15) is 65.7 Å². The molecule has 7 heteroatoms. The molecule has 0 heterocycles. The Morgan fingerprint density at radius 1 is 1.11 bits per heavy atom. The quantitative estimate of drug-likeness (QED) is 0.517. The minimum atomic E-state index is -4.49. The molecule has 0 radical (unpaired) electrons. The van der Waals surface area contributed by atoms with Crippen LogP contribution < -0.4 is 0 Å². The monoisotopic (exact) mass is 418 g/mol. The molecule has 3 aliphatic carbocycles. The van der Waals surface area contributed by atoms with E-state index in [4.69, 9.17) is 0 Å². The highest BCUT2D eigenvalue weighted by molar-refractivity contribution is 7.96. The van der Waals surface area contributed by atoms with Crippen LogP contribution in [0.5, 0.6) is 0 Å². The van der Waals surface area contributed by atoms with Gasteiger partial charge in [-0.05, 0) is 47.9 Å². The van der Waals surface area contributed by atoms with Gasteiger partial charge in [-0.2, -0.15) is 0 Å². The highest BCUT2D eigenvalue weighted by Crippen LogP contribution is 2.64. The van der Waals surface area contributed by atoms with Gasteiger partial charge in [0.1, 0.15) is 15.4 Å². The van der Waals surface area contributed by atoms with E-state index in [-0.39, 0.29) is 17.1 Å². The normalized spacial score (nSPS) is 33.1. The molecule has 0 aromatic carbocycles. The molecular formula is C20H34O5S2. The molecule has 3 aliphatic rings. The Morgan fingerprint density at radius 2 is 1.67 bits per heavy atom. The van der Waals surface area contributed by atoms with Gasteiger partial charge in [-0.15, -0.1) is 0 Å². The number of fused-ring (bicyclic) bond motifs is 2. The minimum Gasteiger partial charge on any atom is -0.747 e. The third-order valence-electron chi connectivity index (χ3n) is 7.27. The summed E-state index contributed by atoms with van der Waals surface area (Å²) in [6.45, 7) is 5.59. The van der Waals surface area contributed by atoms with Gasteiger partial charge < -0.3 is 4.55 Å². The van der Waals surface area contributed by atoms with E-state index in [1.807, 2.05) is 13.8 Å². The van der Waals surface area contributed by atoms with Crippen molar-refractivity contribution in [1.82, 2.24) is 0 Å². The Bertz CT molecular complexity index is 676.